The summed E-state index contributed by atoms with van der Waals surface area (Å²) in [5.74, 6) is -0.525. The van der Waals surface area contributed by atoms with Crippen LogP contribution in [0.2, 0.25) is 0 Å². The maximum atomic E-state index is 12.4. The second-order valence-electron chi connectivity index (χ2n) is 6.57. The summed E-state index contributed by atoms with van der Waals surface area (Å²) >= 11 is 0. The van der Waals surface area contributed by atoms with Crippen LogP contribution in [0.1, 0.15) is 48.5 Å². The van der Waals surface area contributed by atoms with Gasteiger partial charge >= 0.3 is 18.2 Å². The van der Waals surface area contributed by atoms with Gasteiger partial charge in [0.25, 0.3) is 0 Å². The average molecular weight is 373 g/mol. The zero-order chi connectivity index (χ0) is 20.4. The normalized spacial score (nSPS) is 11.8. The van der Waals surface area contributed by atoms with Crippen molar-refractivity contribution in [1.82, 2.24) is 15.8 Å². The fourth-order valence-electron chi connectivity index (χ4n) is 1.73. The minimum atomic E-state index is -0.938. The Labute approximate surface area is 155 Å². The molecule has 0 aliphatic carbocycles. The van der Waals surface area contributed by atoms with Gasteiger partial charge in [-0.05, 0) is 40.5 Å². The Bertz CT molecular complexity index is 529. The Kier molecular flexibility index (Phi) is 10.2. The molecule has 0 aliphatic rings. The van der Waals surface area contributed by atoms with E-state index in [0.717, 1.165) is 0 Å². The molecule has 0 saturated carbocycles. The summed E-state index contributed by atoms with van der Waals surface area (Å²) in [5, 5.41) is 3.73. The number of esters is 1. The molecule has 0 saturated heterocycles. The monoisotopic (exact) mass is 373 g/mol. The molecule has 9 heteroatoms. The number of carbonyl (C=O) groups excluding carboxylic acids is 3. The van der Waals surface area contributed by atoms with Crippen molar-refractivity contribution in [2.24, 2.45) is 5.92 Å². The van der Waals surface area contributed by atoms with Gasteiger partial charge in [-0.25, -0.2) is 19.8 Å². The lowest BCUT2D eigenvalue weighted by atomic mass is 10.2. The van der Waals surface area contributed by atoms with E-state index in [1.54, 1.807) is 34.6 Å². The van der Waals surface area contributed by atoms with Crippen molar-refractivity contribution in [1.29, 1.82) is 0 Å². The molecule has 0 fully saturated rings. The van der Waals surface area contributed by atoms with Gasteiger partial charge in [0.2, 0.25) is 0 Å². The van der Waals surface area contributed by atoms with E-state index in [0.29, 0.717) is 23.2 Å². The summed E-state index contributed by atoms with van der Waals surface area (Å²) in [4.78, 5) is 36.7. The SMILES string of the molecule is COC(=O)/C(=C(/C)NCC(C)C)N(NC(=O)OC(C)C)C(=O)OC(C)C. The Hall–Kier alpha value is -2.45. The lowest BCUT2D eigenvalue weighted by Gasteiger charge is -2.26. The van der Waals surface area contributed by atoms with Crippen LogP contribution < -0.4 is 10.7 Å². The number of allylic oxidation sites excluding steroid dienone is 1. The molecular formula is C17H31N3O6. The number of amides is 2. The third kappa shape index (κ3) is 8.59. The Morgan fingerprint density at radius 1 is 0.962 bits per heavy atom. The maximum Gasteiger partial charge on any atom is 0.434 e. The van der Waals surface area contributed by atoms with Gasteiger partial charge in [0.1, 0.15) is 0 Å². The first-order valence-corrected chi connectivity index (χ1v) is 8.50. The van der Waals surface area contributed by atoms with Gasteiger partial charge in [0.15, 0.2) is 5.70 Å². The van der Waals surface area contributed by atoms with Gasteiger partial charge in [-0.2, -0.15) is 5.01 Å². The van der Waals surface area contributed by atoms with Crippen LogP contribution in [-0.2, 0) is 19.0 Å². The van der Waals surface area contributed by atoms with Gasteiger partial charge in [-0.3, -0.25) is 0 Å². The van der Waals surface area contributed by atoms with Gasteiger partial charge in [-0.1, -0.05) is 13.8 Å². The number of rotatable bonds is 7. The minimum Gasteiger partial charge on any atom is -0.464 e. The van der Waals surface area contributed by atoms with E-state index in [9.17, 15) is 14.4 Å². The van der Waals surface area contributed by atoms with E-state index in [-0.39, 0.29) is 5.70 Å². The van der Waals surface area contributed by atoms with Crippen molar-refractivity contribution in [3.63, 3.8) is 0 Å². The third-order valence-electron chi connectivity index (χ3n) is 2.80. The maximum absolute atomic E-state index is 12.4. The highest BCUT2D eigenvalue weighted by Gasteiger charge is 2.31. The zero-order valence-corrected chi connectivity index (χ0v) is 16.8. The van der Waals surface area contributed by atoms with E-state index in [1.807, 2.05) is 13.8 Å². The van der Waals surface area contributed by atoms with Crippen LogP contribution in [0.3, 0.4) is 0 Å². The first-order chi connectivity index (χ1) is 12.0. The van der Waals surface area contributed by atoms with Crippen LogP contribution in [0.4, 0.5) is 9.59 Å². The molecule has 0 radical (unpaired) electrons. The average Bonchev–Trinajstić information content (AvgIpc) is 2.50. The van der Waals surface area contributed by atoms with Gasteiger partial charge in [0, 0.05) is 12.2 Å². The Morgan fingerprint density at radius 2 is 1.50 bits per heavy atom. The number of carbonyl (C=O) groups is 3. The van der Waals surface area contributed by atoms with E-state index in [1.165, 1.54) is 7.11 Å². The van der Waals surface area contributed by atoms with Gasteiger partial charge in [0.05, 0.1) is 19.3 Å². The van der Waals surface area contributed by atoms with Crippen LogP contribution in [-0.4, -0.2) is 49.0 Å². The Morgan fingerprint density at radius 3 is 1.92 bits per heavy atom. The molecule has 26 heavy (non-hydrogen) atoms. The van der Waals surface area contributed by atoms with E-state index in [4.69, 9.17) is 14.2 Å². The van der Waals surface area contributed by atoms with Crippen LogP contribution in [0, 0.1) is 5.92 Å². The quantitative estimate of drug-likeness (QED) is 0.306. The van der Waals surface area contributed by atoms with Gasteiger partial charge in [-0.15, -0.1) is 0 Å². The first kappa shape index (κ1) is 23.5. The number of methoxy groups -OCH3 is 1. The molecule has 0 aromatic heterocycles. The number of ether oxygens (including phenoxy) is 3. The summed E-state index contributed by atoms with van der Waals surface area (Å²) < 4.78 is 14.9. The van der Waals surface area contributed by atoms with Crippen LogP contribution in [0.15, 0.2) is 11.4 Å². The molecule has 0 bridgehead atoms. The third-order valence-corrected chi connectivity index (χ3v) is 2.80. The van der Waals surface area contributed by atoms with E-state index in [2.05, 4.69) is 10.7 Å². The van der Waals surface area contributed by atoms with Gasteiger partial charge < -0.3 is 19.5 Å². The van der Waals surface area contributed by atoms with Crippen molar-refractivity contribution < 1.29 is 28.6 Å². The highest BCUT2D eigenvalue weighted by Crippen LogP contribution is 2.13. The molecule has 0 heterocycles. The summed E-state index contributed by atoms with van der Waals surface area (Å²) in [6, 6.07) is 0. The van der Waals surface area contributed by atoms with Crippen molar-refractivity contribution in [2.45, 2.75) is 60.7 Å². The smallest absolute Gasteiger partial charge is 0.434 e. The number of hydrogen-bond acceptors (Lipinski definition) is 7. The molecule has 0 aromatic rings. The second kappa shape index (κ2) is 11.2. The molecule has 0 spiro atoms. The fourth-order valence-corrected chi connectivity index (χ4v) is 1.73. The number of nitrogens with one attached hydrogen (secondary N) is 2. The summed E-state index contributed by atoms with van der Waals surface area (Å²) in [6.45, 7) is 12.7. The van der Waals surface area contributed by atoms with Crippen molar-refractivity contribution in [3.05, 3.63) is 11.4 Å². The summed E-state index contributed by atoms with van der Waals surface area (Å²) in [5.41, 5.74) is 2.38. The molecule has 0 atom stereocenters. The fraction of sp³-hybridized carbons (Fsp3) is 0.706. The van der Waals surface area contributed by atoms with Crippen molar-refractivity contribution in [2.75, 3.05) is 13.7 Å². The zero-order valence-electron chi connectivity index (χ0n) is 16.8. The molecular weight excluding hydrogens is 342 g/mol. The minimum absolute atomic E-state index is 0.195. The molecule has 0 aliphatic heterocycles. The van der Waals surface area contributed by atoms with Crippen molar-refractivity contribution in [3.8, 4) is 0 Å². The molecule has 150 valence electrons. The van der Waals surface area contributed by atoms with Crippen LogP contribution in [0.5, 0.6) is 0 Å². The van der Waals surface area contributed by atoms with Crippen LogP contribution >= 0.6 is 0 Å². The van der Waals surface area contributed by atoms with Crippen LogP contribution in [0.25, 0.3) is 0 Å². The highest BCUT2D eigenvalue weighted by molar-refractivity contribution is 5.93. The second-order valence-corrected chi connectivity index (χ2v) is 6.57. The predicted molar refractivity (Wildman–Crippen MR) is 95.8 cm³/mol. The predicted octanol–water partition coefficient (Wildman–Crippen LogP) is 2.53. The summed E-state index contributed by atoms with van der Waals surface area (Å²) in [6.07, 6.45) is -2.72. The largest absolute Gasteiger partial charge is 0.464 e. The number of nitrogens with zero attached hydrogens (tertiary/aromatic N) is 1. The van der Waals surface area contributed by atoms with E-state index < -0.39 is 30.4 Å². The topological polar surface area (TPSA) is 106 Å². The molecule has 0 aromatic carbocycles. The lowest BCUT2D eigenvalue weighted by Crippen LogP contribution is -2.50. The molecule has 2 amide bonds. The molecule has 0 rings (SSSR count). The number of hydrazine groups is 1. The molecule has 0 unspecified atom stereocenters. The lowest BCUT2D eigenvalue weighted by molar-refractivity contribution is -0.138. The van der Waals surface area contributed by atoms with Crippen molar-refractivity contribution >= 4 is 18.2 Å². The van der Waals surface area contributed by atoms with E-state index >= 15 is 0 Å². The standard InChI is InChI=1S/C17H31N3O6/c1-10(2)9-18-13(7)14(15(21)24-8)20(17(23)26-12(5)6)19-16(22)25-11(3)4/h10-12,18H,9H2,1-8H3,(H,19,22)/b14-13+. The Balaban J connectivity index is 5.83. The molecule has 2 N–H and O–H groups in total. The highest BCUT2D eigenvalue weighted by atomic mass is 16.6. The number of hydrogen-bond donors (Lipinski definition) is 2. The molecule has 9 nitrogen and oxygen atoms in total. The first-order valence-electron chi connectivity index (χ1n) is 8.50. The summed E-state index contributed by atoms with van der Waals surface area (Å²) in [7, 11) is 1.18.